The number of methoxy groups -OCH3 is 1. The summed E-state index contributed by atoms with van der Waals surface area (Å²) in [6, 6.07) is 11.2. The van der Waals surface area contributed by atoms with E-state index < -0.39 is 6.29 Å². The Morgan fingerprint density at radius 3 is 2.62 bits per heavy atom. The molecule has 0 amide bonds. The van der Waals surface area contributed by atoms with Crippen molar-refractivity contribution in [2.45, 2.75) is 31.2 Å². The summed E-state index contributed by atoms with van der Waals surface area (Å²) in [6.07, 6.45) is -1.56. The predicted octanol–water partition coefficient (Wildman–Crippen LogP) is 3.06. The minimum Gasteiger partial charge on any atom is -0.491 e. The van der Waals surface area contributed by atoms with Gasteiger partial charge in [-0.3, -0.25) is 4.90 Å². The molecule has 3 aliphatic rings. The zero-order valence-corrected chi connectivity index (χ0v) is 21.3. The van der Waals surface area contributed by atoms with Crippen LogP contribution in [0, 0.1) is 0 Å². The van der Waals surface area contributed by atoms with Gasteiger partial charge in [0.2, 0.25) is 5.95 Å². The van der Waals surface area contributed by atoms with Crippen molar-refractivity contribution in [2.75, 3.05) is 50.6 Å². The van der Waals surface area contributed by atoms with E-state index >= 15 is 0 Å². The lowest BCUT2D eigenvalue weighted by molar-refractivity contribution is -0.286. The Hall–Kier alpha value is -3.97. The van der Waals surface area contributed by atoms with Crippen LogP contribution in [-0.4, -0.2) is 76.3 Å². The summed E-state index contributed by atoms with van der Waals surface area (Å²) in [4.78, 5) is 13.9. The first kappa shape index (κ1) is 24.1. The molecule has 13 heteroatoms. The average molecular weight is 540 g/mol. The highest BCUT2D eigenvalue weighted by atomic mass is 19.3. The molecule has 2 aromatic carbocycles. The van der Waals surface area contributed by atoms with Crippen molar-refractivity contribution >= 4 is 28.2 Å². The van der Waals surface area contributed by atoms with Gasteiger partial charge in [-0.15, -0.1) is 13.9 Å². The van der Waals surface area contributed by atoms with Crippen LogP contribution in [0.4, 0.5) is 20.4 Å². The molecule has 7 rings (SSSR count). The Morgan fingerprint density at radius 2 is 1.85 bits per heavy atom. The topological polar surface area (TPSA) is 113 Å². The van der Waals surface area contributed by atoms with Crippen molar-refractivity contribution in [3.8, 4) is 17.2 Å². The number of rotatable bonds is 7. The molecule has 1 aliphatic carbocycles. The minimum atomic E-state index is -3.75. The Balaban J connectivity index is 1.10. The van der Waals surface area contributed by atoms with E-state index in [-0.39, 0.29) is 28.5 Å². The van der Waals surface area contributed by atoms with Gasteiger partial charge in [-0.25, -0.2) is 9.97 Å². The first-order chi connectivity index (χ1) is 18.8. The van der Waals surface area contributed by atoms with Crippen molar-refractivity contribution in [1.29, 1.82) is 0 Å². The van der Waals surface area contributed by atoms with Gasteiger partial charge in [-0.2, -0.15) is 4.52 Å². The fourth-order valence-corrected chi connectivity index (χ4v) is 5.47. The SMILES string of the molecule is COCCOc1ccc(N2CCN(Cc3nc4c5ccc6c(c5nc(N)n4n3)OC(F)(F)O6)C3(CC3)C2)cc1. The van der Waals surface area contributed by atoms with Crippen LogP contribution in [0.1, 0.15) is 18.7 Å². The van der Waals surface area contributed by atoms with E-state index in [9.17, 15) is 8.78 Å². The molecule has 204 valence electrons. The Morgan fingerprint density at radius 1 is 1.03 bits per heavy atom. The van der Waals surface area contributed by atoms with Crippen molar-refractivity contribution in [3.05, 3.63) is 42.2 Å². The number of halogens is 2. The first-order valence-corrected chi connectivity index (χ1v) is 12.8. The van der Waals surface area contributed by atoms with E-state index in [1.54, 1.807) is 13.2 Å². The van der Waals surface area contributed by atoms with Crippen LogP contribution >= 0.6 is 0 Å². The summed E-state index contributed by atoms with van der Waals surface area (Å²) in [5.74, 6) is 1.21. The van der Waals surface area contributed by atoms with Crippen LogP contribution in [0.25, 0.3) is 16.6 Å². The van der Waals surface area contributed by atoms with Crippen LogP contribution < -0.4 is 24.8 Å². The smallest absolute Gasteiger partial charge is 0.491 e. The maximum atomic E-state index is 13.7. The maximum absolute atomic E-state index is 13.7. The molecule has 1 spiro atoms. The molecule has 4 heterocycles. The summed E-state index contributed by atoms with van der Waals surface area (Å²) in [7, 11) is 1.65. The molecular weight excluding hydrogens is 512 g/mol. The number of nitrogen functional groups attached to an aromatic ring is 1. The summed E-state index contributed by atoms with van der Waals surface area (Å²) in [5.41, 5.74) is 7.98. The number of benzene rings is 2. The average Bonchev–Trinajstić information content (AvgIpc) is 3.40. The predicted molar refractivity (Wildman–Crippen MR) is 137 cm³/mol. The van der Waals surface area contributed by atoms with Gasteiger partial charge < -0.3 is 29.6 Å². The lowest BCUT2D eigenvalue weighted by Gasteiger charge is -2.42. The van der Waals surface area contributed by atoms with Crippen molar-refractivity contribution in [1.82, 2.24) is 24.5 Å². The van der Waals surface area contributed by atoms with E-state index in [4.69, 9.17) is 24.9 Å². The maximum Gasteiger partial charge on any atom is 0.586 e. The second-order valence-electron chi connectivity index (χ2n) is 10.1. The van der Waals surface area contributed by atoms with Gasteiger partial charge >= 0.3 is 6.29 Å². The van der Waals surface area contributed by atoms with E-state index in [0.29, 0.717) is 36.6 Å². The number of alkyl halides is 2. The zero-order valence-electron chi connectivity index (χ0n) is 21.3. The highest BCUT2D eigenvalue weighted by molar-refractivity contribution is 5.97. The van der Waals surface area contributed by atoms with Crippen LogP contribution in [0.2, 0.25) is 0 Å². The zero-order chi connectivity index (χ0) is 26.8. The third kappa shape index (κ3) is 4.21. The molecule has 39 heavy (non-hydrogen) atoms. The minimum absolute atomic E-state index is 0.0315. The molecule has 2 aliphatic heterocycles. The molecule has 11 nitrogen and oxygen atoms in total. The number of ether oxygens (including phenoxy) is 4. The molecule has 2 fully saturated rings. The lowest BCUT2D eigenvalue weighted by Crippen LogP contribution is -2.54. The number of hydrogen-bond donors (Lipinski definition) is 1. The van der Waals surface area contributed by atoms with Crippen molar-refractivity contribution in [2.24, 2.45) is 0 Å². The number of nitrogens with zero attached hydrogens (tertiary/aromatic N) is 6. The number of piperazine rings is 1. The van der Waals surface area contributed by atoms with Gasteiger partial charge in [-0.05, 0) is 49.2 Å². The van der Waals surface area contributed by atoms with Crippen molar-refractivity contribution < 1.29 is 27.7 Å². The third-order valence-corrected chi connectivity index (χ3v) is 7.59. The number of anilines is 2. The van der Waals surface area contributed by atoms with E-state index in [1.807, 2.05) is 12.1 Å². The quantitative estimate of drug-likeness (QED) is 0.352. The molecule has 0 radical (unpaired) electrons. The molecule has 1 saturated carbocycles. The summed E-state index contributed by atoms with van der Waals surface area (Å²) in [5, 5.41) is 5.11. The lowest BCUT2D eigenvalue weighted by atomic mass is 10.1. The monoisotopic (exact) mass is 539 g/mol. The Bertz CT molecular complexity index is 1560. The molecule has 0 bridgehead atoms. The molecular formula is C26H27F2N7O4. The number of hydrogen-bond acceptors (Lipinski definition) is 10. The summed E-state index contributed by atoms with van der Waals surface area (Å²) < 4.78 is 48.8. The van der Waals surface area contributed by atoms with Gasteiger partial charge in [0.15, 0.2) is 23.0 Å². The van der Waals surface area contributed by atoms with Crippen LogP contribution in [0.15, 0.2) is 36.4 Å². The highest BCUT2D eigenvalue weighted by Crippen LogP contribution is 2.47. The highest BCUT2D eigenvalue weighted by Gasteiger charge is 2.51. The molecule has 2 aromatic heterocycles. The Labute approximate surface area is 222 Å². The number of aromatic nitrogens is 4. The fraction of sp³-hybridized carbons (Fsp3) is 0.423. The van der Waals surface area contributed by atoms with Crippen LogP contribution in [0.3, 0.4) is 0 Å². The fourth-order valence-electron chi connectivity index (χ4n) is 5.47. The van der Waals surface area contributed by atoms with Crippen LogP contribution in [-0.2, 0) is 11.3 Å². The van der Waals surface area contributed by atoms with E-state index in [1.165, 1.54) is 16.3 Å². The normalized spacial score (nSPS) is 19.3. The van der Waals surface area contributed by atoms with Gasteiger partial charge in [0.05, 0.1) is 13.2 Å². The Kier molecular flexibility index (Phi) is 5.42. The van der Waals surface area contributed by atoms with Crippen molar-refractivity contribution in [3.63, 3.8) is 0 Å². The largest absolute Gasteiger partial charge is 0.586 e. The molecule has 4 aromatic rings. The number of fused-ring (bicyclic) bond motifs is 5. The van der Waals surface area contributed by atoms with Gasteiger partial charge in [0, 0.05) is 43.4 Å². The first-order valence-electron chi connectivity index (χ1n) is 12.8. The van der Waals surface area contributed by atoms with Gasteiger partial charge in [-0.1, -0.05) is 0 Å². The van der Waals surface area contributed by atoms with E-state index in [0.717, 1.165) is 38.2 Å². The summed E-state index contributed by atoms with van der Waals surface area (Å²) >= 11 is 0. The van der Waals surface area contributed by atoms with E-state index in [2.05, 4.69) is 36.8 Å². The molecule has 2 N–H and O–H groups in total. The van der Waals surface area contributed by atoms with Crippen LogP contribution in [0.5, 0.6) is 17.2 Å². The molecule has 0 atom stereocenters. The summed E-state index contributed by atoms with van der Waals surface area (Å²) in [6.45, 7) is 4.25. The second kappa shape index (κ2) is 8.78. The second-order valence-corrected chi connectivity index (χ2v) is 10.1. The number of nitrogens with two attached hydrogens (primary N) is 1. The molecule has 1 saturated heterocycles. The van der Waals surface area contributed by atoms with Gasteiger partial charge in [0.25, 0.3) is 0 Å². The standard InChI is InChI=1S/C26H27F2N7O4/c1-36-12-13-37-17-4-2-16(3-5-17)33-10-11-34(25(15-33)8-9-25)14-20-30-23-18-6-7-19-22(39-26(27,28)38-19)21(18)31-24(29)35(23)32-20/h2-7H,8-15H2,1H3,(H2,29,31). The third-order valence-electron chi connectivity index (χ3n) is 7.59. The van der Waals surface area contributed by atoms with Gasteiger partial charge in [0.1, 0.15) is 17.9 Å². The molecule has 0 unspecified atom stereocenters.